The van der Waals surface area contributed by atoms with E-state index in [2.05, 4.69) is 0 Å². The van der Waals surface area contributed by atoms with E-state index in [1.165, 1.54) is 0 Å². The van der Waals surface area contributed by atoms with Crippen molar-refractivity contribution in [3.05, 3.63) is 29.8 Å². The van der Waals surface area contributed by atoms with Crippen LogP contribution in [0.15, 0.2) is 29.2 Å². The molecule has 1 rings (SSSR count). The molecule has 0 aliphatic heterocycles. The van der Waals surface area contributed by atoms with Crippen LogP contribution in [0.2, 0.25) is 0 Å². The normalized spacial score (nSPS) is 10.8. The summed E-state index contributed by atoms with van der Waals surface area (Å²) in [6.45, 7) is 0.544. The molecule has 2 N–H and O–H groups in total. The highest BCUT2D eigenvalue weighted by atomic mass is 32.2. The summed E-state index contributed by atoms with van der Waals surface area (Å²) < 4.78 is 24.0. The molecule has 1 nitrogen and oxygen atoms in total. The number of thioether (sulfide) groups is 1. The number of rotatable bonds is 4. The van der Waals surface area contributed by atoms with Crippen molar-refractivity contribution in [3.8, 4) is 0 Å². The summed E-state index contributed by atoms with van der Waals surface area (Å²) in [7, 11) is 0. The fraction of sp³-hybridized carbons (Fsp3) is 0.333. The van der Waals surface area contributed by atoms with Crippen LogP contribution in [0, 0.1) is 0 Å². The van der Waals surface area contributed by atoms with Gasteiger partial charge in [0.1, 0.15) is 0 Å². The molecule has 1 aromatic rings. The summed E-state index contributed by atoms with van der Waals surface area (Å²) in [6.07, 6.45) is 0.734. The molecule has 0 saturated heterocycles. The van der Waals surface area contributed by atoms with E-state index in [0.717, 1.165) is 12.0 Å². The minimum Gasteiger partial charge on any atom is -0.330 e. The van der Waals surface area contributed by atoms with Gasteiger partial charge in [-0.05, 0) is 30.7 Å². The van der Waals surface area contributed by atoms with Crippen molar-refractivity contribution >= 4 is 11.8 Å². The zero-order valence-corrected chi connectivity index (χ0v) is 7.86. The third-order valence-electron chi connectivity index (χ3n) is 1.56. The molecule has 4 heteroatoms. The number of hydrogen-bond acceptors (Lipinski definition) is 2. The molecule has 0 heterocycles. The third-order valence-corrected chi connectivity index (χ3v) is 2.26. The fourth-order valence-electron chi connectivity index (χ4n) is 1.04. The molecule has 13 heavy (non-hydrogen) atoms. The maximum Gasteiger partial charge on any atom is 0.288 e. The van der Waals surface area contributed by atoms with Gasteiger partial charge < -0.3 is 5.73 Å². The molecule has 1 aromatic carbocycles. The van der Waals surface area contributed by atoms with Gasteiger partial charge in [0.15, 0.2) is 0 Å². The van der Waals surface area contributed by atoms with E-state index in [4.69, 9.17) is 5.73 Å². The molecule has 0 aliphatic rings. The zero-order valence-electron chi connectivity index (χ0n) is 7.04. The van der Waals surface area contributed by atoms with Crippen molar-refractivity contribution in [2.75, 3.05) is 6.54 Å². The van der Waals surface area contributed by atoms with Gasteiger partial charge in [0.05, 0.1) is 0 Å². The predicted molar refractivity (Wildman–Crippen MR) is 51.1 cm³/mol. The van der Waals surface area contributed by atoms with Crippen molar-refractivity contribution in [2.24, 2.45) is 5.73 Å². The van der Waals surface area contributed by atoms with E-state index in [1.807, 2.05) is 6.07 Å². The van der Waals surface area contributed by atoms with Gasteiger partial charge in [-0.15, -0.1) is 0 Å². The highest BCUT2D eigenvalue weighted by molar-refractivity contribution is 7.99. The number of nitrogens with two attached hydrogens (primary N) is 1. The van der Waals surface area contributed by atoms with E-state index in [9.17, 15) is 8.78 Å². The van der Waals surface area contributed by atoms with E-state index >= 15 is 0 Å². The van der Waals surface area contributed by atoms with Crippen LogP contribution in [-0.2, 0) is 6.42 Å². The Labute approximate surface area is 80.3 Å². The molecule has 0 amide bonds. The predicted octanol–water partition coefficient (Wildman–Crippen LogP) is 2.50. The topological polar surface area (TPSA) is 26.0 Å². The summed E-state index contributed by atoms with van der Waals surface area (Å²) in [5.41, 5.74) is 6.36. The summed E-state index contributed by atoms with van der Waals surface area (Å²) >= 11 is 0.564. The van der Waals surface area contributed by atoms with Crippen molar-refractivity contribution in [1.29, 1.82) is 0 Å². The highest BCUT2D eigenvalue weighted by Crippen LogP contribution is 2.25. The second-order valence-corrected chi connectivity index (χ2v) is 3.63. The van der Waals surface area contributed by atoms with Crippen LogP contribution in [0.5, 0.6) is 0 Å². The molecule has 0 aromatic heterocycles. The Morgan fingerprint density at radius 3 is 2.77 bits per heavy atom. The first-order chi connectivity index (χ1) is 6.22. The first-order valence-electron chi connectivity index (χ1n) is 3.96. The van der Waals surface area contributed by atoms with Gasteiger partial charge in [-0.25, -0.2) is 0 Å². The minimum atomic E-state index is -2.35. The minimum absolute atomic E-state index is 0.544. The van der Waals surface area contributed by atoms with Crippen LogP contribution in [0.1, 0.15) is 5.56 Å². The van der Waals surface area contributed by atoms with Crippen LogP contribution >= 0.6 is 11.8 Å². The molecule has 0 radical (unpaired) electrons. The van der Waals surface area contributed by atoms with Gasteiger partial charge >= 0.3 is 0 Å². The van der Waals surface area contributed by atoms with Crippen LogP contribution in [-0.4, -0.2) is 12.3 Å². The first-order valence-corrected chi connectivity index (χ1v) is 4.84. The van der Waals surface area contributed by atoms with Crippen molar-refractivity contribution in [1.82, 2.24) is 0 Å². The Kier molecular flexibility index (Phi) is 4.18. The molecule has 72 valence electrons. The van der Waals surface area contributed by atoms with Gasteiger partial charge in [0.25, 0.3) is 5.76 Å². The van der Waals surface area contributed by atoms with Crippen LogP contribution in [0.4, 0.5) is 8.78 Å². The number of hydrogen-bond donors (Lipinski definition) is 1. The first kappa shape index (κ1) is 10.5. The van der Waals surface area contributed by atoms with Crippen LogP contribution < -0.4 is 5.73 Å². The van der Waals surface area contributed by atoms with Crippen molar-refractivity contribution < 1.29 is 8.78 Å². The maximum atomic E-state index is 12.0. The number of halogens is 2. The Hall–Kier alpha value is -0.610. The molecule has 0 aliphatic carbocycles. The lowest BCUT2D eigenvalue weighted by atomic mass is 10.2. The Balaban J connectivity index is 2.67. The largest absolute Gasteiger partial charge is 0.330 e. The lowest BCUT2D eigenvalue weighted by Gasteiger charge is -2.02. The van der Waals surface area contributed by atoms with Gasteiger partial charge in [0.2, 0.25) is 0 Å². The fourth-order valence-corrected chi connectivity index (χ4v) is 1.63. The third kappa shape index (κ3) is 3.74. The average Bonchev–Trinajstić information content (AvgIpc) is 2.04. The smallest absolute Gasteiger partial charge is 0.288 e. The average molecular weight is 203 g/mol. The van der Waals surface area contributed by atoms with Crippen molar-refractivity contribution in [2.45, 2.75) is 17.1 Å². The molecule has 0 spiro atoms. The quantitative estimate of drug-likeness (QED) is 0.761. The SMILES string of the molecule is NCCc1cccc(SC(F)F)c1. The highest BCUT2D eigenvalue weighted by Gasteiger charge is 2.04. The molecular weight excluding hydrogens is 192 g/mol. The molecule has 0 atom stereocenters. The molecule has 0 fully saturated rings. The van der Waals surface area contributed by atoms with Gasteiger partial charge in [-0.3, -0.25) is 0 Å². The Morgan fingerprint density at radius 2 is 2.15 bits per heavy atom. The Bertz CT molecular complexity index is 266. The van der Waals surface area contributed by atoms with Gasteiger partial charge in [-0.1, -0.05) is 23.9 Å². The van der Waals surface area contributed by atoms with Crippen LogP contribution in [0.3, 0.4) is 0 Å². The summed E-state index contributed by atoms with van der Waals surface area (Å²) in [4.78, 5) is 0.598. The summed E-state index contributed by atoms with van der Waals surface area (Å²) in [6, 6.07) is 7.10. The summed E-state index contributed by atoms with van der Waals surface area (Å²) in [5.74, 6) is -2.35. The Morgan fingerprint density at radius 1 is 1.38 bits per heavy atom. The zero-order chi connectivity index (χ0) is 9.68. The van der Waals surface area contributed by atoms with E-state index < -0.39 is 5.76 Å². The molecular formula is C9H11F2NS. The second kappa shape index (κ2) is 5.19. The summed E-state index contributed by atoms with van der Waals surface area (Å²) in [5, 5.41) is 0. The van der Waals surface area contributed by atoms with Gasteiger partial charge in [0, 0.05) is 4.90 Å². The van der Waals surface area contributed by atoms with Crippen molar-refractivity contribution in [3.63, 3.8) is 0 Å². The molecule has 0 saturated carbocycles. The molecule has 0 bridgehead atoms. The molecule has 0 unspecified atom stereocenters. The second-order valence-electron chi connectivity index (χ2n) is 2.56. The van der Waals surface area contributed by atoms with E-state index in [-0.39, 0.29) is 0 Å². The standard InChI is InChI=1S/C9H11F2NS/c10-9(11)13-8-3-1-2-7(6-8)4-5-12/h1-3,6,9H,4-5,12H2. The van der Waals surface area contributed by atoms with Gasteiger partial charge in [-0.2, -0.15) is 8.78 Å². The lowest BCUT2D eigenvalue weighted by Crippen LogP contribution is -2.02. The van der Waals surface area contributed by atoms with E-state index in [0.29, 0.717) is 23.2 Å². The number of benzene rings is 1. The number of alkyl halides is 2. The van der Waals surface area contributed by atoms with E-state index in [1.54, 1.807) is 18.2 Å². The monoisotopic (exact) mass is 203 g/mol. The van der Waals surface area contributed by atoms with Crippen LogP contribution in [0.25, 0.3) is 0 Å². The maximum absolute atomic E-state index is 12.0. The lowest BCUT2D eigenvalue weighted by molar-refractivity contribution is 0.252.